The molecule has 1 nitrogen and oxygen atoms in total. The van der Waals surface area contributed by atoms with Crippen molar-refractivity contribution in [3.63, 3.8) is 0 Å². The molecular formula is C10H17ClO. The average molecular weight is 189 g/mol. The Bertz CT molecular complexity index is 150. The average Bonchev–Trinajstić information content (AvgIpc) is 2.03. The quantitative estimate of drug-likeness (QED) is 0.354. The van der Waals surface area contributed by atoms with Crippen molar-refractivity contribution < 1.29 is 4.74 Å². The molecule has 12 heavy (non-hydrogen) atoms. The van der Waals surface area contributed by atoms with Crippen LogP contribution in [0.2, 0.25) is 0 Å². The van der Waals surface area contributed by atoms with Gasteiger partial charge in [0.1, 0.15) is 0 Å². The second-order valence-corrected chi connectivity index (χ2v) is 3.34. The predicted octanol–water partition coefficient (Wildman–Crippen LogP) is 3.15. The fourth-order valence-electron chi connectivity index (χ4n) is 0.987. The minimum absolute atomic E-state index is 0.0971. The van der Waals surface area contributed by atoms with E-state index in [0.717, 1.165) is 19.4 Å². The molecule has 2 heteroatoms. The van der Waals surface area contributed by atoms with E-state index in [-0.39, 0.29) is 5.38 Å². The van der Waals surface area contributed by atoms with Crippen LogP contribution in [0.5, 0.6) is 0 Å². The number of hydrogen-bond donors (Lipinski definition) is 0. The van der Waals surface area contributed by atoms with Gasteiger partial charge in [0.05, 0.1) is 5.38 Å². The SMILES string of the molecule is C=C/C=C(/CCCOC)C(C)Cl. The van der Waals surface area contributed by atoms with Crippen molar-refractivity contribution in [2.24, 2.45) is 0 Å². The lowest BCUT2D eigenvalue weighted by Gasteiger charge is -2.08. The standard InChI is InChI=1S/C10H17ClO/c1-4-6-10(9(2)11)7-5-8-12-3/h4,6,9H,1,5,7-8H2,2-3H3/b10-6-. The molecule has 1 unspecified atom stereocenters. The highest BCUT2D eigenvalue weighted by Crippen LogP contribution is 2.15. The van der Waals surface area contributed by atoms with Crippen molar-refractivity contribution in [3.05, 3.63) is 24.3 Å². The highest BCUT2D eigenvalue weighted by atomic mass is 35.5. The first-order chi connectivity index (χ1) is 5.72. The molecule has 0 aliphatic heterocycles. The second-order valence-electron chi connectivity index (χ2n) is 2.69. The van der Waals surface area contributed by atoms with Gasteiger partial charge in [-0.2, -0.15) is 0 Å². The Labute approximate surface area is 80.1 Å². The maximum absolute atomic E-state index is 5.94. The van der Waals surface area contributed by atoms with Crippen molar-refractivity contribution in [3.8, 4) is 0 Å². The van der Waals surface area contributed by atoms with Gasteiger partial charge in [-0.3, -0.25) is 0 Å². The molecule has 0 aromatic rings. The number of methoxy groups -OCH3 is 1. The fourth-order valence-corrected chi connectivity index (χ4v) is 1.17. The summed E-state index contributed by atoms with van der Waals surface area (Å²) in [6.07, 6.45) is 5.77. The van der Waals surface area contributed by atoms with E-state index < -0.39 is 0 Å². The molecule has 0 heterocycles. The Kier molecular flexibility index (Phi) is 7.22. The molecule has 0 aromatic heterocycles. The second kappa shape index (κ2) is 7.38. The Morgan fingerprint density at radius 2 is 2.33 bits per heavy atom. The van der Waals surface area contributed by atoms with Crippen LogP contribution in [0.4, 0.5) is 0 Å². The van der Waals surface area contributed by atoms with Gasteiger partial charge in [-0.1, -0.05) is 24.3 Å². The summed E-state index contributed by atoms with van der Waals surface area (Å²) in [5.41, 5.74) is 1.23. The molecule has 0 aliphatic rings. The zero-order valence-electron chi connectivity index (χ0n) is 7.85. The molecule has 0 rings (SSSR count). The number of ether oxygens (including phenoxy) is 1. The first-order valence-electron chi connectivity index (χ1n) is 4.16. The number of hydrogen-bond acceptors (Lipinski definition) is 1. The maximum atomic E-state index is 5.94. The third-order valence-corrected chi connectivity index (χ3v) is 1.94. The van der Waals surface area contributed by atoms with E-state index >= 15 is 0 Å². The summed E-state index contributed by atoms with van der Waals surface area (Å²) in [7, 11) is 1.71. The van der Waals surface area contributed by atoms with Crippen LogP contribution in [0.25, 0.3) is 0 Å². The van der Waals surface area contributed by atoms with Crippen LogP contribution in [0.15, 0.2) is 24.3 Å². The third kappa shape index (κ3) is 5.39. The molecule has 0 N–H and O–H groups in total. The smallest absolute Gasteiger partial charge is 0.0520 e. The Morgan fingerprint density at radius 1 is 1.67 bits per heavy atom. The van der Waals surface area contributed by atoms with Crippen molar-refractivity contribution in [1.29, 1.82) is 0 Å². The van der Waals surface area contributed by atoms with E-state index in [1.165, 1.54) is 5.57 Å². The summed E-state index contributed by atoms with van der Waals surface area (Å²) in [6.45, 7) is 6.41. The van der Waals surface area contributed by atoms with Crippen LogP contribution < -0.4 is 0 Å². The zero-order valence-corrected chi connectivity index (χ0v) is 8.60. The summed E-state index contributed by atoms with van der Waals surface area (Å²) in [6, 6.07) is 0. The predicted molar refractivity (Wildman–Crippen MR) is 54.7 cm³/mol. The maximum Gasteiger partial charge on any atom is 0.0520 e. The third-order valence-electron chi connectivity index (χ3n) is 1.66. The highest BCUT2D eigenvalue weighted by molar-refractivity contribution is 6.22. The van der Waals surface area contributed by atoms with Crippen molar-refractivity contribution in [2.45, 2.75) is 25.1 Å². The Balaban J connectivity index is 3.80. The van der Waals surface area contributed by atoms with Crippen molar-refractivity contribution in [1.82, 2.24) is 0 Å². The van der Waals surface area contributed by atoms with E-state index in [1.807, 2.05) is 13.0 Å². The number of alkyl halides is 1. The van der Waals surface area contributed by atoms with Crippen LogP contribution in [0.3, 0.4) is 0 Å². The lowest BCUT2D eigenvalue weighted by molar-refractivity contribution is 0.195. The number of rotatable bonds is 6. The molecule has 0 fully saturated rings. The van der Waals surface area contributed by atoms with E-state index in [0.29, 0.717) is 0 Å². The molecule has 1 atom stereocenters. The van der Waals surface area contributed by atoms with E-state index in [2.05, 4.69) is 6.58 Å². The minimum Gasteiger partial charge on any atom is -0.385 e. The van der Waals surface area contributed by atoms with E-state index in [9.17, 15) is 0 Å². The Morgan fingerprint density at radius 3 is 2.75 bits per heavy atom. The van der Waals surface area contributed by atoms with Crippen LogP contribution in [-0.4, -0.2) is 19.1 Å². The molecule has 70 valence electrons. The molecule has 0 amide bonds. The minimum atomic E-state index is 0.0971. The molecule has 0 aliphatic carbocycles. The first kappa shape index (κ1) is 11.7. The van der Waals surface area contributed by atoms with E-state index in [4.69, 9.17) is 16.3 Å². The van der Waals surface area contributed by atoms with Gasteiger partial charge < -0.3 is 4.74 Å². The molecular weight excluding hydrogens is 172 g/mol. The Hall–Kier alpha value is -0.270. The van der Waals surface area contributed by atoms with Crippen molar-refractivity contribution in [2.75, 3.05) is 13.7 Å². The van der Waals surface area contributed by atoms with Crippen molar-refractivity contribution >= 4 is 11.6 Å². The largest absolute Gasteiger partial charge is 0.385 e. The number of allylic oxidation sites excluding steroid dienone is 3. The van der Waals surface area contributed by atoms with Gasteiger partial charge in [0.15, 0.2) is 0 Å². The topological polar surface area (TPSA) is 9.23 Å². The van der Waals surface area contributed by atoms with Gasteiger partial charge in [-0.15, -0.1) is 11.6 Å². The molecule has 0 spiro atoms. The lowest BCUT2D eigenvalue weighted by Crippen LogP contribution is -1.99. The zero-order chi connectivity index (χ0) is 9.40. The summed E-state index contributed by atoms with van der Waals surface area (Å²) in [5.74, 6) is 0. The van der Waals surface area contributed by atoms with E-state index in [1.54, 1.807) is 13.2 Å². The van der Waals surface area contributed by atoms with Gasteiger partial charge in [0.2, 0.25) is 0 Å². The molecule has 0 saturated heterocycles. The van der Waals surface area contributed by atoms with Crippen LogP contribution in [0.1, 0.15) is 19.8 Å². The summed E-state index contributed by atoms with van der Waals surface area (Å²) in [4.78, 5) is 0. The van der Waals surface area contributed by atoms with Crippen LogP contribution in [0, 0.1) is 0 Å². The van der Waals surface area contributed by atoms with Crippen LogP contribution >= 0.6 is 11.6 Å². The highest BCUT2D eigenvalue weighted by Gasteiger charge is 2.03. The molecule has 0 aromatic carbocycles. The fraction of sp³-hybridized carbons (Fsp3) is 0.600. The summed E-state index contributed by atoms with van der Waals surface area (Å²) >= 11 is 5.94. The van der Waals surface area contributed by atoms with Gasteiger partial charge in [-0.05, 0) is 19.8 Å². The summed E-state index contributed by atoms with van der Waals surface area (Å²) in [5, 5.41) is 0.0971. The van der Waals surface area contributed by atoms with Gasteiger partial charge in [-0.25, -0.2) is 0 Å². The van der Waals surface area contributed by atoms with Crippen LogP contribution in [-0.2, 0) is 4.74 Å². The lowest BCUT2D eigenvalue weighted by atomic mass is 10.1. The monoisotopic (exact) mass is 188 g/mol. The molecule has 0 radical (unpaired) electrons. The van der Waals surface area contributed by atoms with Gasteiger partial charge in [0, 0.05) is 13.7 Å². The van der Waals surface area contributed by atoms with Gasteiger partial charge in [0.25, 0.3) is 0 Å². The number of halogens is 1. The summed E-state index contributed by atoms with van der Waals surface area (Å²) < 4.78 is 4.95. The molecule has 0 saturated carbocycles. The van der Waals surface area contributed by atoms with Gasteiger partial charge >= 0.3 is 0 Å². The first-order valence-corrected chi connectivity index (χ1v) is 4.60. The molecule has 0 bridgehead atoms. The normalized spacial score (nSPS) is 14.4.